The maximum atomic E-state index is 9.62. The number of fused-ring (bicyclic) bond motifs is 1. The van der Waals surface area contributed by atoms with E-state index < -0.39 is 0 Å². The molecule has 2 heterocycles. The van der Waals surface area contributed by atoms with Gasteiger partial charge >= 0.3 is 0 Å². The fourth-order valence-electron chi connectivity index (χ4n) is 3.22. The van der Waals surface area contributed by atoms with E-state index in [0.717, 1.165) is 38.8 Å². The number of aryl methyl sites for hydroxylation is 1. The summed E-state index contributed by atoms with van der Waals surface area (Å²) in [4.78, 5) is 8.40. The molecule has 0 amide bonds. The Morgan fingerprint density at radius 3 is 2.59 bits per heavy atom. The first kappa shape index (κ1) is 17.2. The van der Waals surface area contributed by atoms with Gasteiger partial charge in [-0.1, -0.05) is 30.3 Å². The Kier molecular flexibility index (Phi) is 4.57. The number of benzene rings is 2. The zero-order chi connectivity index (χ0) is 18.8. The molecule has 1 N–H and O–H groups in total. The summed E-state index contributed by atoms with van der Waals surface area (Å²) in [6, 6.07) is 22.5. The highest BCUT2D eigenvalue weighted by Gasteiger charge is 2.11. The molecule has 2 aromatic heterocycles. The smallest absolute Gasteiger partial charge is 0.171 e. The first-order valence-corrected chi connectivity index (χ1v) is 9.46. The van der Waals surface area contributed by atoms with Crippen LogP contribution < -0.4 is 0 Å². The third-order valence-electron chi connectivity index (χ3n) is 4.46. The summed E-state index contributed by atoms with van der Waals surface area (Å²) in [5.41, 5.74) is 6.28. The summed E-state index contributed by atoms with van der Waals surface area (Å²) in [5.74, 6) is 0. The van der Waals surface area contributed by atoms with Crippen molar-refractivity contribution in [3.8, 4) is 11.8 Å². The van der Waals surface area contributed by atoms with Crippen molar-refractivity contribution in [3.63, 3.8) is 0 Å². The van der Waals surface area contributed by atoms with Gasteiger partial charge in [-0.2, -0.15) is 5.26 Å². The molecule has 132 valence electrons. The zero-order valence-electron chi connectivity index (χ0n) is 15.1. The average Bonchev–Trinajstić information content (AvgIpc) is 3.21. The first-order chi connectivity index (χ1) is 13.2. The molecule has 2 aromatic carbocycles. The van der Waals surface area contributed by atoms with Gasteiger partial charge in [-0.25, -0.2) is 4.98 Å². The molecule has 0 saturated carbocycles. The van der Waals surface area contributed by atoms with Gasteiger partial charge in [-0.15, -0.1) is 0 Å². The van der Waals surface area contributed by atoms with E-state index >= 15 is 0 Å². The number of nitriles is 1. The summed E-state index contributed by atoms with van der Waals surface area (Å²) in [6.07, 6.45) is 1.93. The number of aromatic amines is 1. The Balaban J connectivity index is 1.68. The van der Waals surface area contributed by atoms with Crippen LogP contribution in [-0.4, -0.2) is 14.5 Å². The summed E-state index contributed by atoms with van der Waals surface area (Å²) in [6.45, 7) is 4.16. The van der Waals surface area contributed by atoms with Crippen molar-refractivity contribution in [2.24, 2.45) is 0 Å². The predicted octanol–water partition coefficient (Wildman–Crippen LogP) is 5.63. The fourth-order valence-corrected chi connectivity index (χ4v) is 3.96. The van der Waals surface area contributed by atoms with Gasteiger partial charge in [0.1, 0.15) is 6.07 Å². The number of hydrogen-bond donors (Lipinski definition) is 1. The minimum atomic E-state index is 0.599. The third kappa shape index (κ3) is 3.40. The van der Waals surface area contributed by atoms with E-state index in [2.05, 4.69) is 52.7 Å². The van der Waals surface area contributed by atoms with Crippen molar-refractivity contribution >= 4 is 28.9 Å². The lowest BCUT2D eigenvalue weighted by Gasteiger charge is -2.09. The number of hydrogen-bond acceptors (Lipinski definition) is 3. The number of allylic oxidation sites excluding steroid dienone is 1. The second-order valence-corrected chi connectivity index (χ2v) is 7.31. The normalized spacial score (nSPS) is 11.7. The summed E-state index contributed by atoms with van der Waals surface area (Å²) < 4.78 is 2.20. The topological polar surface area (TPSA) is 57.4 Å². The molecule has 0 fully saturated rings. The SMILES string of the molecule is Cc1cc(/C=C(\C#N)Sc2nc3ccccc3[nH]2)c(C)n1-c1ccccc1. The Bertz CT molecular complexity index is 1140. The van der Waals surface area contributed by atoms with Gasteiger partial charge in [0.15, 0.2) is 5.16 Å². The number of H-pyrrole nitrogens is 1. The van der Waals surface area contributed by atoms with Crippen molar-refractivity contribution in [3.05, 3.63) is 82.5 Å². The summed E-state index contributed by atoms with van der Waals surface area (Å²) >= 11 is 1.35. The highest BCUT2D eigenvalue weighted by atomic mass is 32.2. The standard InChI is InChI=1S/C22H18N4S/c1-15-12-17(16(2)26(15)18-8-4-3-5-9-18)13-19(14-23)27-22-24-20-10-6-7-11-21(20)25-22/h3-13H,1-2H3,(H,24,25)/b19-13+. The molecule has 0 aliphatic rings. The van der Waals surface area contributed by atoms with Crippen LogP contribution in [0.4, 0.5) is 0 Å². The van der Waals surface area contributed by atoms with Gasteiger partial charge in [0.25, 0.3) is 0 Å². The van der Waals surface area contributed by atoms with Gasteiger partial charge in [0, 0.05) is 17.1 Å². The van der Waals surface area contributed by atoms with Gasteiger partial charge in [0.2, 0.25) is 0 Å². The van der Waals surface area contributed by atoms with E-state index in [1.165, 1.54) is 11.8 Å². The largest absolute Gasteiger partial charge is 0.333 e. The fraction of sp³-hybridized carbons (Fsp3) is 0.0909. The lowest BCUT2D eigenvalue weighted by molar-refractivity contribution is 0.964. The van der Waals surface area contributed by atoms with Gasteiger partial charge < -0.3 is 9.55 Å². The van der Waals surface area contributed by atoms with E-state index in [0.29, 0.717) is 4.91 Å². The molecule has 0 spiro atoms. The molecule has 27 heavy (non-hydrogen) atoms. The lowest BCUT2D eigenvalue weighted by atomic mass is 10.2. The molecule has 0 radical (unpaired) electrons. The minimum Gasteiger partial charge on any atom is -0.333 e. The summed E-state index contributed by atoms with van der Waals surface area (Å²) in [7, 11) is 0. The molecule has 5 heteroatoms. The number of thioether (sulfide) groups is 1. The Hall–Kier alpha value is -3.23. The molecule has 4 rings (SSSR count). The van der Waals surface area contributed by atoms with Gasteiger partial charge in [-0.05, 0) is 67.6 Å². The van der Waals surface area contributed by atoms with Crippen LogP contribution in [0, 0.1) is 25.2 Å². The van der Waals surface area contributed by atoms with Crippen LogP contribution in [-0.2, 0) is 0 Å². The van der Waals surface area contributed by atoms with Crippen molar-refractivity contribution in [1.29, 1.82) is 5.26 Å². The number of para-hydroxylation sites is 3. The van der Waals surface area contributed by atoms with Crippen LogP contribution in [0.3, 0.4) is 0 Å². The number of imidazole rings is 1. The van der Waals surface area contributed by atoms with Crippen LogP contribution >= 0.6 is 11.8 Å². The second kappa shape index (κ2) is 7.18. The minimum absolute atomic E-state index is 0.599. The highest BCUT2D eigenvalue weighted by Crippen LogP contribution is 2.29. The number of aromatic nitrogens is 3. The van der Waals surface area contributed by atoms with Gasteiger partial charge in [0.05, 0.1) is 15.9 Å². The van der Waals surface area contributed by atoms with Gasteiger partial charge in [-0.3, -0.25) is 0 Å². The molecule has 0 bridgehead atoms. The maximum absolute atomic E-state index is 9.62. The van der Waals surface area contributed by atoms with E-state index in [1.807, 2.05) is 48.5 Å². The number of nitrogens with zero attached hydrogens (tertiary/aromatic N) is 3. The van der Waals surface area contributed by atoms with Crippen LogP contribution in [0.1, 0.15) is 17.0 Å². The molecule has 0 saturated heterocycles. The molecule has 0 aliphatic carbocycles. The molecule has 0 unspecified atom stereocenters. The average molecular weight is 370 g/mol. The molecule has 0 atom stereocenters. The van der Waals surface area contributed by atoms with Crippen molar-refractivity contribution in [1.82, 2.24) is 14.5 Å². The molecular weight excluding hydrogens is 352 g/mol. The van der Waals surface area contributed by atoms with Crippen molar-refractivity contribution < 1.29 is 0 Å². The lowest BCUT2D eigenvalue weighted by Crippen LogP contribution is -1.98. The molecule has 4 nitrogen and oxygen atoms in total. The monoisotopic (exact) mass is 370 g/mol. The Morgan fingerprint density at radius 1 is 1.11 bits per heavy atom. The predicted molar refractivity (Wildman–Crippen MR) is 111 cm³/mol. The highest BCUT2D eigenvalue weighted by molar-refractivity contribution is 8.03. The number of nitrogens with one attached hydrogen (secondary N) is 1. The van der Waals surface area contributed by atoms with Crippen LogP contribution in [0.2, 0.25) is 0 Å². The Labute approximate surface area is 162 Å². The van der Waals surface area contributed by atoms with Crippen molar-refractivity contribution in [2.45, 2.75) is 19.0 Å². The maximum Gasteiger partial charge on any atom is 0.171 e. The third-order valence-corrected chi connectivity index (χ3v) is 5.27. The Morgan fingerprint density at radius 2 is 1.85 bits per heavy atom. The molecule has 0 aliphatic heterocycles. The quantitative estimate of drug-likeness (QED) is 0.374. The summed E-state index contributed by atoms with van der Waals surface area (Å²) in [5, 5.41) is 10.3. The number of rotatable bonds is 4. The first-order valence-electron chi connectivity index (χ1n) is 8.64. The van der Waals surface area contributed by atoms with Crippen LogP contribution in [0.5, 0.6) is 0 Å². The van der Waals surface area contributed by atoms with Crippen LogP contribution in [0.15, 0.2) is 70.7 Å². The van der Waals surface area contributed by atoms with E-state index in [-0.39, 0.29) is 0 Å². The van der Waals surface area contributed by atoms with Crippen molar-refractivity contribution in [2.75, 3.05) is 0 Å². The van der Waals surface area contributed by atoms with E-state index in [1.54, 1.807) is 0 Å². The van der Waals surface area contributed by atoms with E-state index in [9.17, 15) is 5.26 Å². The second-order valence-electron chi connectivity index (χ2n) is 6.28. The van der Waals surface area contributed by atoms with E-state index in [4.69, 9.17) is 0 Å². The molecular formula is C22H18N4S. The zero-order valence-corrected chi connectivity index (χ0v) is 15.9. The van der Waals surface area contributed by atoms with Crippen LogP contribution in [0.25, 0.3) is 22.8 Å². The molecule has 4 aromatic rings.